The molecule has 3 aromatic carbocycles. The summed E-state index contributed by atoms with van der Waals surface area (Å²) in [6.45, 7) is 1.72. The van der Waals surface area contributed by atoms with E-state index in [1.807, 2.05) is 0 Å². The summed E-state index contributed by atoms with van der Waals surface area (Å²) in [4.78, 5) is 36.8. The van der Waals surface area contributed by atoms with Gasteiger partial charge in [-0.05, 0) is 42.8 Å². The number of benzene rings is 3. The molecule has 1 aliphatic rings. The van der Waals surface area contributed by atoms with Crippen LogP contribution in [0.1, 0.15) is 33.3 Å². The van der Waals surface area contributed by atoms with Gasteiger partial charge in [-0.15, -0.1) is 0 Å². The lowest BCUT2D eigenvalue weighted by Crippen LogP contribution is -2.38. The highest BCUT2D eigenvalue weighted by Gasteiger charge is 2.24. The standard InChI is InChI=1S/C28H22N4O7/c1-17-21(8-5-9-22(17)32(35)36)23-13-11-20(39-23)15-29-31-28(34)26(18-6-3-2-4-7-18)30-27(33)19-10-12-24-25(14-19)38-16-37-24/h2-15,26H,16H2,1H3,(H,30,33)(H,31,34)/b29-15-/t26-/m0/s1. The van der Waals surface area contributed by atoms with Gasteiger partial charge in [0, 0.05) is 22.8 Å². The van der Waals surface area contributed by atoms with Gasteiger partial charge in [0.2, 0.25) is 6.79 Å². The second kappa shape index (κ2) is 10.9. The van der Waals surface area contributed by atoms with Crippen molar-refractivity contribution in [3.8, 4) is 22.8 Å². The number of amides is 2. The first-order valence-corrected chi connectivity index (χ1v) is 11.8. The number of hydrazone groups is 1. The molecule has 4 aromatic rings. The van der Waals surface area contributed by atoms with Crippen molar-refractivity contribution in [3.63, 3.8) is 0 Å². The van der Waals surface area contributed by atoms with Gasteiger partial charge in [-0.25, -0.2) is 5.43 Å². The van der Waals surface area contributed by atoms with E-state index in [0.717, 1.165) is 0 Å². The Bertz CT molecular complexity index is 1580. The number of carbonyl (C=O) groups excluding carboxylic acids is 2. The number of furan rings is 1. The summed E-state index contributed by atoms with van der Waals surface area (Å²) in [5.41, 5.74) is 4.32. The van der Waals surface area contributed by atoms with E-state index in [9.17, 15) is 19.7 Å². The minimum absolute atomic E-state index is 0.0128. The van der Waals surface area contributed by atoms with Crippen LogP contribution in [0.3, 0.4) is 0 Å². The minimum atomic E-state index is -1.04. The molecule has 2 N–H and O–H groups in total. The van der Waals surface area contributed by atoms with Crippen LogP contribution < -0.4 is 20.2 Å². The maximum Gasteiger partial charge on any atom is 0.273 e. The van der Waals surface area contributed by atoms with Crippen molar-refractivity contribution in [1.29, 1.82) is 0 Å². The predicted molar refractivity (Wildman–Crippen MR) is 140 cm³/mol. The fraction of sp³-hybridized carbons (Fsp3) is 0.107. The number of hydrogen-bond acceptors (Lipinski definition) is 8. The van der Waals surface area contributed by atoms with Crippen molar-refractivity contribution in [3.05, 3.63) is 111 Å². The normalized spacial score (nSPS) is 12.7. The second-order valence-electron chi connectivity index (χ2n) is 8.53. The summed E-state index contributed by atoms with van der Waals surface area (Å²) in [6, 6.07) is 20.5. The van der Waals surface area contributed by atoms with E-state index in [4.69, 9.17) is 13.9 Å². The summed E-state index contributed by atoms with van der Waals surface area (Å²) < 4.78 is 16.4. The van der Waals surface area contributed by atoms with Crippen LogP contribution in [0.2, 0.25) is 0 Å². The molecular formula is C28H22N4O7. The van der Waals surface area contributed by atoms with Gasteiger partial charge < -0.3 is 19.2 Å². The average Bonchev–Trinajstić information content (AvgIpc) is 3.61. The van der Waals surface area contributed by atoms with Gasteiger partial charge in [-0.1, -0.05) is 42.5 Å². The average molecular weight is 527 g/mol. The summed E-state index contributed by atoms with van der Waals surface area (Å²) in [7, 11) is 0. The topological polar surface area (TPSA) is 145 Å². The lowest BCUT2D eigenvalue weighted by atomic mass is 10.1. The zero-order chi connectivity index (χ0) is 27.4. The first kappa shape index (κ1) is 25.2. The molecule has 5 rings (SSSR count). The van der Waals surface area contributed by atoms with Crippen LogP contribution in [-0.4, -0.2) is 29.7 Å². The Morgan fingerprint density at radius 3 is 2.59 bits per heavy atom. The molecule has 1 aromatic heterocycles. The Labute approximate surface area is 222 Å². The zero-order valence-electron chi connectivity index (χ0n) is 20.6. The van der Waals surface area contributed by atoms with E-state index in [2.05, 4.69) is 15.8 Å². The highest BCUT2D eigenvalue weighted by molar-refractivity contribution is 5.98. The summed E-state index contributed by atoms with van der Waals surface area (Å²) >= 11 is 0. The molecule has 11 nitrogen and oxygen atoms in total. The van der Waals surface area contributed by atoms with E-state index in [-0.39, 0.29) is 12.5 Å². The largest absolute Gasteiger partial charge is 0.455 e. The lowest BCUT2D eigenvalue weighted by molar-refractivity contribution is -0.385. The number of nitrogens with one attached hydrogen (secondary N) is 2. The van der Waals surface area contributed by atoms with Gasteiger partial charge in [0.05, 0.1) is 11.1 Å². The van der Waals surface area contributed by atoms with Gasteiger partial charge in [-0.2, -0.15) is 5.10 Å². The van der Waals surface area contributed by atoms with Crippen LogP contribution in [0.5, 0.6) is 11.5 Å². The highest BCUT2D eigenvalue weighted by Crippen LogP contribution is 2.33. The molecule has 1 aliphatic heterocycles. The van der Waals surface area contributed by atoms with E-state index < -0.39 is 22.8 Å². The maximum atomic E-state index is 13.1. The molecule has 39 heavy (non-hydrogen) atoms. The molecule has 0 radical (unpaired) electrons. The van der Waals surface area contributed by atoms with Crippen LogP contribution in [0.25, 0.3) is 11.3 Å². The molecule has 1 atom stereocenters. The Balaban J connectivity index is 1.30. The summed E-state index contributed by atoms with van der Waals surface area (Å²) in [5.74, 6) is 0.669. The number of nitro benzene ring substituents is 1. The first-order chi connectivity index (χ1) is 18.9. The number of fused-ring (bicyclic) bond motifs is 1. The third-order valence-electron chi connectivity index (χ3n) is 6.07. The van der Waals surface area contributed by atoms with E-state index in [1.54, 1.807) is 79.7 Å². The highest BCUT2D eigenvalue weighted by atomic mass is 16.7. The third kappa shape index (κ3) is 5.47. The van der Waals surface area contributed by atoms with Crippen molar-refractivity contribution >= 4 is 23.7 Å². The Kier molecular flexibility index (Phi) is 7.04. The fourth-order valence-corrected chi connectivity index (χ4v) is 4.08. The van der Waals surface area contributed by atoms with Gasteiger partial charge in [0.15, 0.2) is 11.5 Å². The molecule has 0 saturated heterocycles. The second-order valence-corrected chi connectivity index (χ2v) is 8.53. The molecule has 196 valence electrons. The van der Waals surface area contributed by atoms with Crippen molar-refractivity contribution in [2.75, 3.05) is 6.79 Å². The third-order valence-corrected chi connectivity index (χ3v) is 6.07. The maximum absolute atomic E-state index is 13.1. The molecule has 2 amide bonds. The van der Waals surface area contributed by atoms with Gasteiger partial charge in [-0.3, -0.25) is 19.7 Å². The molecule has 2 heterocycles. The van der Waals surface area contributed by atoms with Crippen LogP contribution in [0.15, 0.2) is 88.4 Å². The molecule has 0 spiro atoms. The van der Waals surface area contributed by atoms with E-state index in [1.165, 1.54) is 12.3 Å². The molecule has 11 heteroatoms. The van der Waals surface area contributed by atoms with Crippen molar-refractivity contribution < 1.29 is 28.4 Å². The van der Waals surface area contributed by atoms with Gasteiger partial charge >= 0.3 is 0 Å². The monoisotopic (exact) mass is 526 g/mol. The van der Waals surface area contributed by atoms with Crippen LogP contribution >= 0.6 is 0 Å². The van der Waals surface area contributed by atoms with Crippen molar-refractivity contribution in [2.45, 2.75) is 13.0 Å². The minimum Gasteiger partial charge on any atom is -0.455 e. The molecule has 0 fully saturated rings. The molecule has 0 aliphatic carbocycles. The zero-order valence-corrected chi connectivity index (χ0v) is 20.6. The summed E-state index contributed by atoms with van der Waals surface area (Å²) in [5, 5.41) is 18.0. The first-order valence-electron chi connectivity index (χ1n) is 11.8. The van der Waals surface area contributed by atoms with E-state index in [0.29, 0.717) is 45.3 Å². The van der Waals surface area contributed by atoms with Gasteiger partial charge in [0.1, 0.15) is 17.6 Å². The fourth-order valence-electron chi connectivity index (χ4n) is 4.08. The molecular weight excluding hydrogens is 504 g/mol. The van der Waals surface area contributed by atoms with Crippen molar-refractivity contribution in [1.82, 2.24) is 10.7 Å². The number of nitrogens with zero attached hydrogens (tertiary/aromatic N) is 2. The van der Waals surface area contributed by atoms with Crippen LogP contribution in [-0.2, 0) is 4.79 Å². The lowest BCUT2D eigenvalue weighted by Gasteiger charge is -2.17. The number of nitro groups is 1. The Morgan fingerprint density at radius 2 is 1.79 bits per heavy atom. The quantitative estimate of drug-likeness (QED) is 0.195. The van der Waals surface area contributed by atoms with Crippen molar-refractivity contribution in [2.24, 2.45) is 5.10 Å². The van der Waals surface area contributed by atoms with Crippen LogP contribution in [0.4, 0.5) is 5.69 Å². The van der Waals surface area contributed by atoms with E-state index >= 15 is 0 Å². The Morgan fingerprint density at radius 1 is 1.00 bits per heavy atom. The number of hydrogen-bond donors (Lipinski definition) is 2. The van der Waals surface area contributed by atoms with Crippen LogP contribution in [0, 0.1) is 17.0 Å². The van der Waals surface area contributed by atoms with Gasteiger partial charge in [0.25, 0.3) is 17.5 Å². The number of rotatable bonds is 8. The SMILES string of the molecule is Cc1c(-c2ccc(/C=N\NC(=O)[C@@H](NC(=O)c3ccc4c(c3)OCO4)c3ccccc3)o2)cccc1[N+](=O)[O-]. The number of ether oxygens (including phenoxy) is 2. The predicted octanol–water partition coefficient (Wildman–Crippen LogP) is 4.51. The Hall–Kier alpha value is -5.45. The smallest absolute Gasteiger partial charge is 0.273 e. The number of carbonyl (C=O) groups is 2. The molecule has 0 unspecified atom stereocenters. The molecule has 0 bridgehead atoms. The molecule has 0 saturated carbocycles. The summed E-state index contributed by atoms with van der Waals surface area (Å²) in [6.07, 6.45) is 1.30.